The molecule has 0 saturated heterocycles. The van der Waals surface area contributed by atoms with Crippen LogP contribution in [0.4, 0.5) is 18.0 Å². The van der Waals surface area contributed by atoms with Crippen LogP contribution in [0.5, 0.6) is 0 Å². The maximum absolute atomic E-state index is 12.9. The largest absolute Gasteiger partial charge is 0.444 e. The number of halogens is 3. The Bertz CT molecular complexity index is 535. The fourth-order valence-electron chi connectivity index (χ4n) is 1.64. The van der Waals surface area contributed by atoms with Gasteiger partial charge in [-0.15, -0.1) is 0 Å². The minimum absolute atomic E-state index is 0.0553. The van der Waals surface area contributed by atoms with Crippen molar-refractivity contribution in [3.05, 3.63) is 29.1 Å². The van der Waals surface area contributed by atoms with Gasteiger partial charge in [-0.2, -0.15) is 13.2 Å². The molecule has 0 fully saturated rings. The summed E-state index contributed by atoms with van der Waals surface area (Å²) in [4.78, 5) is 15.2. The van der Waals surface area contributed by atoms with Gasteiger partial charge in [0.2, 0.25) is 0 Å². The Morgan fingerprint density at radius 3 is 2.32 bits per heavy atom. The zero-order valence-corrected chi connectivity index (χ0v) is 13.3. The second-order valence-electron chi connectivity index (χ2n) is 6.29. The first-order valence-electron chi connectivity index (χ1n) is 6.93. The van der Waals surface area contributed by atoms with Crippen molar-refractivity contribution in [1.82, 2.24) is 10.3 Å². The summed E-state index contributed by atoms with van der Waals surface area (Å²) in [6, 6.07) is 2.49. The molecule has 0 aliphatic rings. The Morgan fingerprint density at radius 1 is 1.27 bits per heavy atom. The van der Waals surface area contributed by atoms with Crippen molar-refractivity contribution in [2.75, 3.05) is 0 Å². The zero-order valence-electron chi connectivity index (χ0n) is 13.3. The number of nitrogens with zero attached hydrogens (tertiary/aromatic N) is 1. The van der Waals surface area contributed by atoms with Gasteiger partial charge in [-0.05, 0) is 44.4 Å². The molecule has 1 aromatic heterocycles. The van der Waals surface area contributed by atoms with Crippen LogP contribution < -0.4 is 5.32 Å². The number of nitrogens with one attached hydrogen (secondary N) is 1. The quantitative estimate of drug-likeness (QED) is 0.906. The molecule has 4 nitrogen and oxygen atoms in total. The minimum Gasteiger partial charge on any atom is -0.444 e. The summed E-state index contributed by atoms with van der Waals surface area (Å²) >= 11 is 0. The van der Waals surface area contributed by atoms with Crippen molar-refractivity contribution in [3.8, 4) is 0 Å². The standard InChI is InChI=1S/C15H21F3N2O2/c1-9(2)11-6-10(7-12(20-11)15(16,17)18)8-19-13(21)22-14(3,4)5/h6-7,9H,8H2,1-5H3,(H,19,21). The van der Waals surface area contributed by atoms with E-state index in [0.29, 0.717) is 11.3 Å². The van der Waals surface area contributed by atoms with E-state index in [1.54, 1.807) is 40.7 Å². The summed E-state index contributed by atoms with van der Waals surface area (Å²) in [7, 11) is 0. The topological polar surface area (TPSA) is 51.2 Å². The minimum atomic E-state index is -4.52. The predicted octanol–water partition coefficient (Wildman–Crippen LogP) is 4.25. The second-order valence-corrected chi connectivity index (χ2v) is 6.29. The highest BCUT2D eigenvalue weighted by Crippen LogP contribution is 2.29. The average molecular weight is 318 g/mol. The van der Waals surface area contributed by atoms with E-state index in [9.17, 15) is 18.0 Å². The van der Waals surface area contributed by atoms with E-state index in [0.717, 1.165) is 6.07 Å². The lowest BCUT2D eigenvalue weighted by Crippen LogP contribution is -2.32. The van der Waals surface area contributed by atoms with Crippen LogP contribution in [0.2, 0.25) is 0 Å². The Labute approximate surface area is 128 Å². The zero-order chi connectivity index (χ0) is 17.1. The van der Waals surface area contributed by atoms with Gasteiger partial charge >= 0.3 is 12.3 Å². The van der Waals surface area contributed by atoms with E-state index >= 15 is 0 Å². The molecule has 22 heavy (non-hydrogen) atoms. The Kier molecular flexibility index (Phi) is 5.43. The van der Waals surface area contributed by atoms with E-state index in [-0.39, 0.29) is 12.5 Å². The van der Waals surface area contributed by atoms with Crippen molar-refractivity contribution in [3.63, 3.8) is 0 Å². The first-order valence-corrected chi connectivity index (χ1v) is 6.93. The molecule has 0 radical (unpaired) electrons. The monoisotopic (exact) mass is 318 g/mol. The van der Waals surface area contributed by atoms with Crippen molar-refractivity contribution in [2.45, 2.75) is 58.9 Å². The predicted molar refractivity (Wildman–Crippen MR) is 76.4 cm³/mol. The van der Waals surface area contributed by atoms with Gasteiger partial charge in [-0.25, -0.2) is 9.78 Å². The Morgan fingerprint density at radius 2 is 1.86 bits per heavy atom. The Balaban J connectivity index is 2.90. The first-order chi connectivity index (χ1) is 9.88. The molecule has 1 N–H and O–H groups in total. The van der Waals surface area contributed by atoms with E-state index < -0.39 is 23.6 Å². The van der Waals surface area contributed by atoms with Gasteiger partial charge in [0.1, 0.15) is 11.3 Å². The van der Waals surface area contributed by atoms with Gasteiger partial charge in [0, 0.05) is 12.2 Å². The highest BCUT2D eigenvalue weighted by molar-refractivity contribution is 5.67. The number of alkyl carbamates (subject to hydrolysis) is 1. The summed E-state index contributed by atoms with van der Waals surface area (Å²) in [6.45, 7) is 8.58. The number of alkyl halides is 3. The molecule has 1 aromatic rings. The number of carbonyl (C=O) groups excluding carboxylic acids is 1. The molecule has 1 heterocycles. The third kappa shape index (κ3) is 5.91. The number of ether oxygens (including phenoxy) is 1. The molecule has 1 rings (SSSR count). The molecule has 0 spiro atoms. The van der Waals surface area contributed by atoms with Gasteiger partial charge in [-0.1, -0.05) is 13.8 Å². The van der Waals surface area contributed by atoms with Crippen molar-refractivity contribution >= 4 is 6.09 Å². The van der Waals surface area contributed by atoms with Gasteiger partial charge in [0.05, 0.1) is 0 Å². The molecule has 124 valence electrons. The summed E-state index contributed by atoms with van der Waals surface area (Å²) in [6.07, 6.45) is -5.20. The van der Waals surface area contributed by atoms with E-state index in [2.05, 4.69) is 10.3 Å². The van der Waals surface area contributed by atoms with Crippen molar-refractivity contribution < 1.29 is 22.7 Å². The number of rotatable bonds is 3. The highest BCUT2D eigenvalue weighted by Gasteiger charge is 2.33. The smallest absolute Gasteiger partial charge is 0.433 e. The SMILES string of the molecule is CC(C)c1cc(CNC(=O)OC(C)(C)C)cc(C(F)(F)F)n1. The van der Waals surface area contributed by atoms with E-state index in [1.807, 2.05) is 0 Å². The number of hydrogen-bond donors (Lipinski definition) is 1. The van der Waals surface area contributed by atoms with E-state index in [4.69, 9.17) is 4.74 Å². The third-order valence-electron chi connectivity index (χ3n) is 2.62. The molecular formula is C15H21F3N2O2. The van der Waals surface area contributed by atoms with Crippen LogP contribution >= 0.6 is 0 Å². The molecule has 0 saturated carbocycles. The molecule has 0 aliphatic carbocycles. The summed E-state index contributed by atoms with van der Waals surface area (Å²) < 4.78 is 43.6. The van der Waals surface area contributed by atoms with Crippen LogP contribution in [-0.4, -0.2) is 16.7 Å². The van der Waals surface area contributed by atoms with Crippen molar-refractivity contribution in [1.29, 1.82) is 0 Å². The van der Waals surface area contributed by atoms with E-state index in [1.165, 1.54) is 0 Å². The summed E-state index contributed by atoms with van der Waals surface area (Å²) in [5.41, 5.74) is -0.963. The van der Waals surface area contributed by atoms with Gasteiger partial charge in [0.15, 0.2) is 0 Å². The second kappa shape index (κ2) is 6.54. The lowest BCUT2D eigenvalue weighted by atomic mass is 10.1. The average Bonchev–Trinajstić information content (AvgIpc) is 2.33. The molecular weight excluding hydrogens is 297 g/mol. The van der Waals surface area contributed by atoms with Crippen LogP contribution in [-0.2, 0) is 17.5 Å². The normalized spacial score (nSPS) is 12.4. The lowest BCUT2D eigenvalue weighted by molar-refractivity contribution is -0.141. The number of carbonyl (C=O) groups is 1. The van der Waals surface area contributed by atoms with Gasteiger partial charge in [-0.3, -0.25) is 0 Å². The highest BCUT2D eigenvalue weighted by atomic mass is 19.4. The molecule has 0 unspecified atom stereocenters. The Hall–Kier alpha value is -1.79. The number of pyridine rings is 1. The molecule has 0 atom stereocenters. The van der Waals surface area contributed by atoms with Gasteiger partial charge < -0.3 is 10.1 Å². The van der Waals surface area contributed by atoms with Crippen molar-refractivity contribution in [2.24, 2.45) is 0 Å². The summed E-state index contributed by atoms with van der Waals surface area (Å²) in [5, 5.41) is 2.44. The molecule has 7 heteroatoms. The number of aromatic nitrogens is 1. The van der Waals surface area contributed by atoms with Crippen LogP contribution in [0.25, 0.3) is 0 Å². The fourth-order valence-corrected chi connectivity index (χ4v) is 1.64. The van der Waals surface area contributed by atoms with Crippen LogP contribution in [0.1, 0.15) is 57.5 Å². The molecule has 0 aromatic carbocycles. The summed E-state index contributed by atoms with van der Waals surface area (Å²) in [5.74, 6) is -0.150. The fraction of sp³-hybridized carbons (Fsp3) is 0.600. The van der Waals surface area contributed by atoms with Gasteiger partial charge in [0.25, 0.3) is 0 Å². The lowest BCUT2D eigenvalue weighted by Gasteiger charge is -2.20. The maximum Gasteiger partial charge on any atom is 0.433 e. The molecule has 0 bridgehead atoms. The maximum atomic E-state index is 12.9. The first kappa shape index (κ1) is 18.3. The molecule has 0 aliphatic heterocycles. The number of hydrogen-bond acceptors (Lipinski definition) is 3. The molecule has 1 amide bonds. The van der Waals surface area contributed by atoms with Crippen LogP contribution in [0, 0.1) is 0 Å². The van der Waals surface area contributed by atoms with Crippen LogP contribution in [0.3, 0.4) is 0 Å². The van der Waals surface area contributed by atoms with Crippen LogP contribution in [0.15, 0.2) is 12.1 Å². The third-order valence-corrected chi connectivity index (χ3v) is 2.62. The number of amides is 1.